The molecule has 4 N–H and O–H groups in total. The maximum Gasteiger partial charge on any atom is 0.331 e. The van der Waals surface area contributed by atoms with Crippen molar-refractivity contribution in [2.24, 2.45) is 0 Å². The molecule has 0 aromatic heterocycles. The first-order valence-electron chi connectivity index (χ1n) is 6.62. The van der Waals surface area contributed by atoms with E-state index in [4.69, 9.17) is 19.7 Å². The Balaban J connectivity index is 5.20. The number of aliphatic hydroxyl groups excluding tert-OH is 4. The maximum atomic E-state index is 11.6. The number of hydrogen-bond acceptors (Lipinski definition) is 8. The largest absolute Gasteiger partial charge is 0.456 e. The van der Waals surface area contributed by atoms with Gasteiger partial charge in [-0.25, -0.2) is 4.79 Å². The number of rotatable bonds is 9. The molecule has 126 valence electrons. The summed E-state index contributed by atoms with van der Waals surface area (Å²) in [5.74, 6) is -1.69. The second-order valence-corrected chi connectivity index (χ2v) is 4.36. The van der Waals surface area contributed by atoms with E-state index < -0.39 is 49.6 Å². The van der Waals surface area contributed by atoms with Crippen LogP contribution >= 0.6 is 0 Å². The zero-order valence-corrected chi connectivity index (χ0v) is 12.5. The van der Waals surface area contributed by atoms with E-state index in [1.807, 2.05) is 0 Å². The molecule has 0 spiro atoms. The number of allylic oxidation sites excluding steroid dienone is 3. The van der Waals surface area contributed by atoms with Crippen LogP contribution in [0.4, 0.5) is 0 Å². The molecule has 8 nitrogen and oxygen atoms in total. The van der Waals surface area contributed by atoms with Gasteiger partial charge in [-0.1, -0.05) is 18.2 Å². The molecule has 0 aliphatic carbocycles. The molecule has 0 rings (SSSR count). The lowest BCUT2D eigenvalue weighted by molar-refractivity contribution is -0.188. The average molecular weight is 318 g/mol. The Bertz CT molecular complexity index is 404. The van der Waals surface area contributed by atoms with Crippen LogP contribution in [0.15, 0.2) is 24.3 Å². The SMILES string of the molecule is C/C=C/C=C/C(=O)O[C@@H]([C@H](OC(C)=O)[C@@H](O)CO)[C@H](O)CO. The summed E-state index contributed by atoms with van der Waals surface area (Å²) in [6, 6.07) is 0. The Morgan fingerprint density at radius 2 is 1.50 bits per heavy atom. The van der Waals surface area contributed by atoms with E-state index in [0.29, 0.717) is 0 Å². The second kappa shape index (κ2) is 10.9. The Kier molecular flexibility index (Phi) is 10.0. The van der Waals surface area contributed by atoms with E-state index in [1.165, 1.54) is 6.08 Å². The first-order chi connectivity index (χ1) is 10.4. The summed E-state index contributed by atoms with van der Waals surface area (Å²) in [6.45, 7) is 1.20. The predicted molar refractivity (Wildman–Crippen MR) is 75.6 cm³/mol. The highest BCUT2D eigenvalue weighted by molar-refractivity contribution is 5.82. The summed E-state index contributed by atoms with van der Waals surface area (Å²) in [7, 11) is 0. The Labute approximate surface area is 128 Å². The Hall–Kier alpha value is -1.74. The number of esters is 2. The monoisotopic (exact) mass is 318 g/mol. The van der Waals surface area contributed by atoms with Gasteiger partial charge in [-0.3, -0.25) is 4.79 Å². The third kappa shape index (κ3) is 7.32. The number of aliphatic hydroxyl groups is 4. The van der Waals surface area contributed by atoms with E-state index in [-0.39, 0.29) is 0 Å². The van der Waals surface area contributed by atoms with Crippen LogP contribution in [-0.2, 0) is 19.1 Å². The van der Waals surface area contributed by atoms with Crippen LogP contribution in [0.2, 0.25) is 0 Å². The van der Waals surface area contributed by atoms with Gasteiger partial charge in [-0.05, 0) is 6.92 Å². The molecule has 4 atom stereocenters. The smallest absolute Gasteiger partial charge is 0.331 e. The van der Waals surface area contributed by atoms with Crippen molar-refractivity contribution in [3.63, 3.8) is 0 Å². The van der Waals surface area contributed by atoms with Crippen molar-refractivity contribution < 1.29 is 39.5 Å². The van der Waals surface area contributed by atoms with E-state index in [9.17, 15) is 19.8 Å². The van der Waals surface area contributed by atoms with Gasteiger partial charge in [0.25, 0.3) is 0 Å². The molecular formula is C14H22O8. The van der Waals surface area contributed by atoms with Gasteiger partial charge in [0.2, 0.25) is 0 Å². The molecule has 22 heavy (non-hydrogen) atoms. The van der Waals surface area contributed by atoms with Crippen LogP contribution in [-0.4, -0.2) is 70.0 Å². The average Bonchev–Trinajstić information content (AvgIpc) is 2.49. The Morgan fingerprint density at radius 3 is 1.91 bits per heavy atom. The van der Waals surface area contributed by atoms with Crippen LogP contribution in [0.3, 0.4) is 0 Å². The van der Waals surface area contributed by atoms with Gasteiger partial charge in [0.05, 0.1) is 13.2 Å². The fourth-order valence-electron chi connectivity index (χ4n) is 1.55. The lowest BCUT2D eigenvalue weighted by Gasteiger charge is -2.31. The molecule has 0 bridgehead atoms. The van der Waals surface area contributed by atoms with Crippen LogP contribution in [0.25, 0.3) is 0 Å². The summed E-state index contributed by atoms with van der Waals surface area (Å²) in [6.07, 6.45) is -0.609. The summed E-state index contributed by atoms with van der Waals surface area (Å²) < 4.78 is 9.70. The Morgan fingerprint density at radius 1 is 1.00 bits per heavy atom. The van der Waals surface area contributed by atoms with E-state index in [0.717, 1.165) is 13.0 Å². The highest BCUT2D eigenvalue weighted by atomic mass is 16.6. The molecule has 0 saturated carbocycles. The van der Waals surface area contributed by atoms with Crippen molar-refractivity contribution in [2.75, 3.05) is 13.2 Å². The number of ether oxygens (including phenoxy) is 2. The van der Waals surface area contributed by atoms with E-state index >= 15 is 0 Å². The first-order valence-corrected chi connectivity index (χ1v) is 6.62. The molecule has 8 heteroatoms. The molecule has 0 saturated heterocycles. The van der Waals surface area contributed by atoms with Crippen molar-refractivity contribution in [1.82, 2.24) is 0 Å². The van der Waals surface area contributed by atoms with Crippen LogP contribution in [0.1, 0.15) is 13.8 Å². The summed E-state index contributed by atoms with van der Waals surface area (Å²) in [5.41, 5.74) is 0. The minimum Gasteiger partial charge on any atom is -0.456 e. The van der Waals surface area contributed by atoms with Gasteiger partial charge < -0.3 is 29.9 Å². The van der Waals surface area contributed by atoms with Gasteiger partial charge in [0, 0.05) is 13.0 Å². The number of carbonyl (C=O) groups excluding carboxylic acids is 2. The lowest BCUT2D eigenvalue weighted by Crippen LogP contribution is -2.51. The molecule has 0 aromatic carbocycles. The third-order valence-electron chi connectivity index (χ3n) is 2.55. The fourth-order valence-corrected chi connectivity index (χ4v) is 1.55. The standard InChI is InChI=1S/C14H22O8/c1-3-4-5-6-12(20)22-14(11(19)8-16)13(10(18)7-15)21-9(2)17/h3-6,10-11,13-16,18-19H,7-8H2,1-2H3/b4-3+,6-5+/t10-,11+,13+,14+/m0/s1. The van der Waals surface area contributed by atoms with E-state index in [1.54, 1.807) is 19.1 Å². The fraction of sp³-hybridized carbons (Fsp3) is 0.571. The van der Waals surface area contributed by atoms with E-state index in [2.05, 4.69) is 0 Å². The van der Waals surface area contributed by atoms with Gasteiger partial charge in [-0.15, -0.1) is 0 Å². The van der Waals surface area contributed by atoms with Crippen molar-refractivity contribution in [3.05, 3.63) is 24.3 Å². The van der Waals surface area contributed by atoms with Crippen LogP contribution < -0.4 is 0 Å². The number of carbonyl (C=O) groups is 2. The van der Waals surface area contributed by atoms with Crippen molar-refractivity contribution in [1.29, 1.82) is 0 Å². The zero-order chi connectivity index (χ0) is 17.1. The van der Waals surface area contributed by atoms with Gasteiger partial charge in [-0.2, -0.15) is 0 Å². The molecular weight excluding hydrogens is 296 g/mol. The first kappa shape index (κ1) is 20.3. The van der Waals surface area contributed by atoms with Crippen molar-refractivity contribution in [3.8, 4) is 0 Å². The zero-order valence-electron chi connectivity index (χ0n) is 12.5. The number of hydrogen-bond donors (Lipinski definition) is 4. The molecule has 0 fully saturated rings. The molecule has 0 radical (unpaired) electrons. The van der Waals surface area contributed by atoms with Crippen LogP contribution in [0.5, 0.6) is 0 Å². The highest BCUT2D eigenvalue weighted by Gasteiger charge is 2.38. The minimum atomic E-state index is -1.61. The maximum absolute atomic E-state index is 11.6. The van der Waals surface area contributed by atoms with Crippen molar-refractivity contribution >= 4 is 11.9 Å². The highest BCUT2D eigenvalue weighted by Crippen LogP contribution is 2.14. The molecule has 0 aromatic rings. The predicted octanol–water partition coefficient (Wildman–Crippen LogP) is -1.33. The summed E-state index contributed by atoms with van der Waals surface area (Å²) >= 11 is 0. The molecule has 0 aliphatic rings. The third-order valence-corrected chi connectivity index (χ3v) is 2.55. The molecule has 0 aliphatic heterocycles. The normalized spacial score (nSPS) is 17.2. The van der Waals surface area contributed by atoms with Crippen LogP contribution in [0, 0.1) is 0 Å². The lowest BCUT2D eigenvalue weighted by atomic mass is 10.0. The van der Waals surface area contributed by atoms with Gasteiger partial charge in [0.15, 0.2) is 12.2 Å². The topological polar surface area (TPSA) is 134 Å². The second-order valence-electron chi connectivity index (χ2n) is 4.36. The molecule has 0 amide bonds. The quantitative estimate of drug-likeness (QED) is 0.233. The molecule has 0 unspecified atom stereocenters. The summed E-state index contributed by atoms with van der Waals surface area (Å²) in [4.78, 5) is 22.7. The minimum absolute atomic E-state index is 0.793. The van der Waals surface area contributed by atoms with Gasteiger partial charge >= 0.3 is 11.9 Å². The van der Waals surface area contributed by atoms with Gasteiger partial charge in [0.1, 0.15) is 12.2 Å². The molecule has 0 heterocycles. The summed E-state index contributed by atoms with van der Waals surface area (Å²) in [5, 5.41) is 37.4. The van der Waals surface area contributed by atoms with Crippen molar-refractivity contribution in [2.45, 2.75) is 38.3 Å².